The van der Waals surface area contributed by atoms with Crippen LogP contribution in [-0.4, -0.2) is 10.9 Å². The number of rotatable bonds is 6. The van der Waals surface area contributed by atoms with Crippen LogP contribution in [0.3, 0.4) is 0 Å². The molecule has 0 aliphatic rings. The largest absolute Gasteiger partial charge is 0.381 e. The van der Waals surface area contributed by atoms with Crippen molar-refractivity contribution in [1.82, 2.24) is 4.98 Å². The second kappa shape index (κ2) is 8.30. The fourth-order valence-electron chi connectivity index (χ4n) is 2.85. The first-order valence-corrected chi connectivity index (χ1v) is 8.80. The predicted octanol–water partition coefficient (Wildman–Crippen LogP) is 4.82. The Morgan fingerprint density at radius 1 is 1.04 bits per heavy atom. The summed E-state index contributed by atoms with van der Waals surface area (Å²) < 4.78 is 0. The number of carbonyl (C=O) groups excluding carboxylic acids is 1. The van der Waals surface area contributed by atoms with Crippen LogP contribution in [0, 0.1) is 6.92 Å². The maximum atomic E-state index is 12.5. The van der Waals surface area contributed by atoms with Crippen molar-refractivity contribution in [2.75, 3.05) is 10.6 Å². The van der Waals surface area contributed by atoms with Crippen molar-refractivity contribution >= 4 is 17.3 Å². The van der Waals surface area contributed by atoms with Crippen LogP contribution in [0.25, 0.3) is 0 Å². The summed E-state index contributed by atoms with van der Waals surface area (Å²) in [6.07, 6.45) is 2.67. The van der Waals surface area contributed by atoms with Crippen LogP contribution in [0.2, 0.25) is 0 Å². The van der Waals surface area contributed by atoms with Gasteiger partial charge >= 0.3 is 0 Å². The molecule has 1 aromatic heterocycles. The van der Waals surface area contributed by atoms with E-state index in [1.165, 1.54) is 5.56 Å². The van der Waals surface area contributed by atoms with Crippen molar-refractivity contribution in [3.63, 3.8) is 0 Å². The average Bonchev–Trinajstić information content (AvgIpc) is 2.67. The Bertz CT molecular complexity index is 905. The topological polar surface area (TPSA) is 54.0 Å². The zero-order chi connectivity index (χ0) is 18.4. The number of hydrogen-bond donors (Lipinski definition) is 2. The molecule has 26 heavy (non-hydrogen) atoms. The summed E-state index contributed by atoms with van der Waals surface area (Å²) in [6.45, 7) is 4.72. The van der Waals surface area contributed by atoms with E-state index in [9.17, 15) is 4.79 Å². The molecule has 0 radical (unpaired) electrons. The van der Waals surface area contributed by atoms with Gasteiger partial charge in [0.15, 0.2) is 0 Å². The third kappa shape index (κ3) is 4.48. The Hall–Kier alpha value is -3.14. The molecule has 4 heteroatoms. The molecular formula is C22H23N3O. The van der Waals surface area contributed by atoms with E-state index >= 15 is 0 Å². The van der Waals surface area contributed by atoms with Crippen molar-refractivity contribution in [1.29, 1.82) is 0 Å². The fraction of sp³-hybridized carbons (Fsp3) is 0.182. The number of para-hydroxylation sites is 1. The molecule has 0 aliphatic heterocycles. The Balaban J connectivity index is 1.68. The Morgan fingerprint density at radius 3 is 2.69 bits per heavy atom. The second-order valence-electron chi connectivity index (χ2n) is 6.20. The maximum absolute atomic E-state index is 12.5. The van der Waals surface area contributed by atoms with E-state index in [-0.39, 0.29) is 5.91 Å². The molecule has 0 saturated carbocycles. The molecule has 2 aromatic carbocycles. The van der Waals surface area contributed by atoms with E-state index < -0.39 is 0 Å². The van der Waals surface area contributed by atoms with Gasteiger partial charge in [0.2, 0.25) is 0 Å². The predicted molar refractivity (Wildman–Crippen MR) is 107 cm³/mol. The van der Waals surface area contributed by atoms with E-state index in [0.29, 0.717) is 12.1 Å². The number of hydrogen-bond acceptors (Lipinski definition) is 3. The number of nitrogens with one attached hydrogen (secondary N) is 2. The lowest BCUT2D eigenvalue weighted by molar-refractivity contribution is 0.102. The minimum atomic E-state index is -0.119. The van der Waals surface area contributed by atoms with Gasteiger partial charge in [-0.2, -0.15) is 0 Å². The Labute approximate surface area is 154 Å². The molecular weight excluding hydrogens is 322 g/mol. The number of aromatic nitrogens is 1. The van der Waals surface area contributed by atoms with E-state index in [2.05, 4.69) is 40.7 Å². The van der Waals surface area contributed by atoms with Gasteiger partial charge in [-0.3, -0.25) is 9.78 Å². The molecule has 0 atom stereocenters. The number of anilines is 2. The normalized spacial score (nSPS) is 10.4. The number of amides is 1. The van der Waals surface area contributed by atoms with E-state index in [1.807, 2.05) is 43.3 Å². The lowest BCUT2D eigenvalue weighted by Gasteiger charge is -2.12. The van der Waals surface area contributed by atoms with E-state index in [4.69, 9.17) is 0 Å². The minimum absolute atomic E-state index is 0.119. The maximum Gasteiger partial charge on any atom is 0.255 e. The zero-order valence-corrected chi connectivity index (χ0v) is 15.1. The first-order chi connectivity index (χ1) is 12.7. The highest BCUT2D eigenvalue weighted by molar-refractivity contribution is 6.04. The summed E-state index contributed by atoms with van der Waals surface area (Å²) in [5.41, 5.74) is 5.75. The second-order valence-corrected chi connectivity index (χ2v) is 6.20. The van der Waals surface area contributed by atoms with Crippen LogP contribution in [0.4, 0.5) is 11.4 Å². The molecule has 0 unspecified atom stereocenters. The Kier molecular flexibility index (Phi) is 5.64. The zero-order valence-electron chi connectivity index (χ0n) is 15.1. The smallest absolute Gasteiger partial charge is 0.255 e. The van der Waals surface area contributed by atoms with Gasteiger partial charge < -0.3 is 10.6 Å². The summed E-state index contributed by atoms with van der Waals surface area (Å²) >= 11 is 0. The minimum Gasteiger partial charge on any atom is -0.381 e. The highest BCUT2D eigenvalue weighted by atomic mass is 16.1. The van der Waals surface area contributed by atoms with Gasteiger partial charge in [-0.25, -0.2) is 0 Å². The third-order valence-corrected chi connectivity index (χ3v) is 4.22. The summed E-state index contributed by atoms with van der Waals surface area (Å²) in [4.78, 5) is 16.6. The summed E-state index contributed by atoms with van der Waals surface area (Å²) in [7, 11) is 0. The SMILES string of the molecule is CCc1ccccc1NCc1cccc(C(=O)Nc2ccnc(C)c2)c1. The lowest BCUT2D eigenvalue weighted by Crippen LogP contribution is -2.13. The molecule has 3 rings (SSSR count). The first kappa shape index (κ1) is 17.7. The van der Waals surface area contributed by atoms with E-state index in [1.54, 1.807) is 12.3 Å². The molecule has 1 heterocycles. The number of nitrogens with zero attached hydrogens (tertiary/aromatic N) is 1. The molecule has 0 spiro atoms. The van der Waals surface area contributed by atoms with Gasteiger partial charge in [0.1, 0.15) is 0 Å². The van der Waals surface area contributed by atoms with Crippen LogP contribution in [-0.2, 0) is 13.0 Å². The van der Waals surface area contributed by atoms with Crippen LogP contribution < -0.4 is 10.6 Å². The summed E-state index contributed by atoms with van der Waals surface area (Å²) in [5.74, 6) is -0.119. The van der Waals surface area contributed by atoms with Crippen LogP contribution >= 0.6 is 0 Å². The lowest BCUT2D eigenvalue weighted by atomic mass is 10.1. The molecule has 0 fully saturated rings. The standard InChI is InChI=1S/C22H23N3O/c1-3-18-8-4-5-10-21(18)24-15-17-7-6-9-19(14-17)22(26)25-20-11-12-23-16(2)13-20/h4-14,24H,3,15H2,1-2H3,(H,23,25,26). The van der Waals surface area contributed by atoms with Gasteiger partial charge in [-0.1, -0.05) is 37.3 Å². The van der Waals surface area contributed by atoms with Gasteiger partial charge in [0.05, 0.1) is 0 Å². The number of benzene rings is 2. The average molecular weight is 345 g/mol. The number of aryl methyl sites for hydroxylation is 2. The van der Waals surface area contributed by atoms with Crippen molar-refractivity contribution in [3.8, 4) is 0 Å². The van der Waals surface area contributed by atoms with Gasteiger partial charge in [0, 0.05) is 35.4 Å². The highest BCUT2D eigenvalue weighted by Gasteiger charge is 2.07. The molecule has 0 aliphatic carbocycles. The molecule has 0 saturated heterocycles. The quantitative estimate of drug-likeness (QED) is 0.673. The van der Waals surface area contributed by atoms with Crippen LogP contribution in [0.15, 0.2) is 66.9 Å². The molecule has 4 nitrogen and oxygen atoms in total. The van der Waals surface area contributed by atoms with Crippen LogP contribution in [0.5, 0.6) is 0 Å². The number of carbonyl (C=O) groups is 1. The molecule has 0 bridgehead atoms. The molecule has 132 valence electrons. The van der Waals surface area contributed by atoms with Crippen molar-refractivity contribution in [2.24, 2.45) is 0 Å². The molecule has 3 aromatic rings. The number of pyridine rings is 1. The van der Waals surface area contributed by atoms with Crippen molar-refractivity contribution < 1.29 is 4.79 Å². The fourth-order valence-corrected chi connectivity index (χ4v) is 2.85. The van der Waals surface area contributed by atoms with Crippen molar-refractivity contribution in [3.05, 3.63) is 89.2 Å². The summed E-state index contributed by atoms with van der Waals surface area (Å²) in [5, 5.41) is 6.38. The first-order valence-electron chi connectivity index (χ1n) is 8.80. The monoisotopic (exact) mass is 345 g/mol. The summed E-state index contributed by atoms with van der Waals surface area (Å²) in [6, 6.07) is 19.6. The van der Waals surface area contributed by atoms with E-state index in [0.717, 1.165) is 29.1 Å². The highest BCUT2D eigenvalue weighted by Crippen LogP contribution is 2.17. The molecule has 2 N–H and O–H groups in total. The van der Waals surface area contributed by atoms with Gasteiger partial charge in [-0.15, -0.1) is 0 Å². The van der Waals surface area contributed by atoms with Crippen LogP contribution in [0.1, 0.15) is 34.1 Å². The molecule has 1 amide bonds. The van der Waals surface area contributed by atoms with Gasteiger partial charge in [-0.05, 0) is 54.8 Å². The third-order valence-electron chi connectivity index (χ3n) is 4.22. The Morgan fingerprint density at radius 2 is 1.88 bits per heavy atom. The van der Waals surface area contributed by atoms with Crippen molar-refractivity contribution in [2.45, 2.75) is 26.8 Å². The van der Waals surface area contributed by atoms with Gasteiger partial charge in [0.25, 0.3) is 5.91 Å².